The van der Waals surface area contributed by atoms with Crippen molar-refractivity contribution in [3.63, 3.8) is 0 Å². The number of aromatic nitrogens is 1. The molecule has 0 aliphatic rings. The number of pyridine rings is 1. The summed E-state index contributed by atoms with van der Waals surface area (Å²) in [7, 11) is 0. The van der Waals surface area contributed by atoms with Crippen molar-refractivity contribution in [3.8, 4) is 0 Å². The number of alkyl halides is 2. The summed E-state index contributed by atoms with van der Waals surface area (Å²) in [4.78, 5) is 14.3. The highest BCUT2D eigenvalue weighted by Gasteiger charge is 2.21. The Labute approximate surface area is 84.7 Å². The second kappa shape index (κ2) is 4.31. The van der Waals surface area contributed by atoms with Crippen LogP contribution in [0, 0.1) is 6.92 Å². The van der Waals surface area contributed by atoms with Gasteiger partial charge >= 0.3 is 5.97 Å². The third-order valence-corrected chi connectivity index (χ3v) is 2.00. The number of carbonyl (C=O) groups is 1. The summed E-state index contributed by atoms with van der Waals surface area (Å²) in [5.74, 6) is -1.46. The van der Waals surface area contributed by atoms with Gasteiger partial charge in [0.2, 0.25) is 0 Å². The predicted octanol–water partition coefficient (Wildman–Crippen LogP) is 1.48. The van der Waals surface area contributed by atoms with E-state index in [-0.39, 0.29) is 6.54 Å². The summed E-state index contributed by atoms with van der Waals surface area (Å²) in [5.41, 5.74) is 4.90. The van der Waals surface area contributed by atoms with Crippen LogP contribution < -0.4 is 5.73 Å². The highest BCUT2D eigenvalue weighted by molar-refractivity contribution is 5.87. The molecule has 0 radical (unpaired) electrons. The van der Waals surface area contributed by atoms with Crippen LogP contribution in [0.1, 0.15) is 33.7 Å². The van der Waals surface area contributed by atoms with Crippen molar-refractivity contribution in [2.45, 2.75) is 19.9 Å². The van der Waals surface area contributed by atoms with Crippen LogP contribution in [0.3, 0.4) is 0 Å². The first-order chi connectivity index (χ1) is 6.97. The fourth-order valence-electron chi connectivity index (χ4n) is 1.21. The Morgan fingerprint density at radius 3 is 2.67 bits per heavy atom. The number of rotatable bonds is 3. The van der Waals surface area contributed by atoms with Crippen molar-refractivity contribution in [1.82, 2.24) is 4.98 Å². The maximum Gasteiger partial charge on any atom is 0.355 e. The van der Waals surface area contributed by atoms with E-state index < -0.39 is 23.7 Å². The van der Waals surface area contributed by atoms with Gasteiger partial charge in [0.1, 0.15) is 0 Å². The molecule has 0 amide bonds. The maximum atomic E-state index is 12.5. The van der Waals surface area contributed by atoms with E-state index in [4.69, 9.17) is 10.8 Å². The van der Waals surface area contributed by atoms with E-state index in [1.165, 1.54) is 6.92 Å². The van der Waals surface area contributed by atoms with Crippen LogP contribution in [0.5, 0.6) is 0 Å². The number of nitrogens with two attached hydrogens (primary N) is 1. The average molecular weight is 216 g/mol. The monoisotopic (exact) mass is 216 g/mol. The van der Waals surface area contributed by atoms with Gasteiger partial charge in [0.05, 0.1) is 5.56 Å². The van der Waals surface area contributed by atoms with Gasteiger partial charge in [0, 0.05) is 12.2 Å². The second-order valence-electron chi connectivity index (χ2n) is 2.98. The quantitative estimate of drug-likeness (QED) is 0.802. The van der Waals surface area contributed by atoms with Crippen LogP contribution in [0.4, 0.5) is 8.78 Å². The Hall–Kier alpha value is -1.56. The fourth-order valence-corrected chi connectivity index (χ4v) is 1.21. The van der Waals surface area contributed by atoms with Gasteiger partial charge in [-0.15, -0.1) is 0 Å². The van der Waals surface area contributed by atoms with Gasteiger partial charge in [0.15, 0.2) is 5.69 Å². The molecule has 0 aromatic carbocycles. The Bertz CT molecular complexity index is 394. The molecule has 15 heavy (non-hydrogen) atoms. The molecule has 0 bridgehead atoms. The lowest BCUT2D eigenvalue weighted by molar-refractivity contribution is 0.0676. The molecular formula is C9H10F2N2O2. The number of aromatic carboxylic acids is 1. The van der Waals surface area contributed by atoms with Crippen molar-refractivity contribution >= 4 is 5.97 Å². The van der Waals surface area contributed by atoms with E-state index in [0.29, 0.717) is 11.3 Å². The summed E-state index contributed by atoms with van der Waals surface area (Å²) >= 11 is 0. The lowest BCUT2D eigenvalue weighted by atomic mass is 10.1. The Morgan fingerprint density at radius 1 is 1.67 bits per heavy atom. The third-order valence-electron chi connectivity index (χ3n) is 2.00. The van der Waals surface area contributed by atoms with E-state index in [1.807, 2.05) is 0 Å². The molecule has 1 heterocycles. The lowest BCUT2D eigenvalue weighted by Gasteiger charge is -2.09. The number of nitrogens with zero attached hydrogens (tertiary/aromatic N) is 1. The molecule has 4 nitrogen and oxygen atoms in total. The predicted molar refractivity (Wildman–Crippen MR) is 48.8 cm³/mol. The van der Waals surface area contributed by atoms with Gasteiger partial charge in [0.25, 0.3) is 6.43 Å². The molecule has 0 saturated heterocycles. The summed E-state index contributed by atoms with van der Waals surface area (Å²) in [5, 5.41) is 8.68. The largest absolute Gasteiger partial charge is 0.476 e. The van der Waals surface area contributed by atoms with Crippen molar-refractivity contribution < 1.29 is 18.7 Å². The molecular weight excluding hydrogens is 206 g/mol. The second-order valence-corrected chi connectivity index (χ2v) is 2.98. The Kier molecular flexibility index (Phi) is 3.31. The van der Waals surface area contributed by atoms with Crippen LogP contribution in [0.2, 0.25) is 0 Å². The molecule has 1 aromatic rings. The van der Waals surface area contributed by atoms with E-state index in [2.05, 4.69) is 4.98 Å². The van der Waals surface area contributed by atoms with Crippen LogP contribution in [0.15, 0.2) is 6.07 Å². The number of hydrogen-bond acceptors (Lipinski definition) is 3. The molecule has 0 saturated carbocycles. The summed E-state index contributed by atoms with van der Waals surface area (Å²) in [6.45, 7) is 1.59. The minimum absolute atomic E-state index is 0.0540. The Morgan fingerprint density at radius 2 is 2.27 bits per heavy atom. The van der Waals surface area contributed by atoms with Gasteiger partial charge in [-0.25, -0.2) is 18.6 Å². The average Bonchev–Trinajstić information content (AvgIpc) is 2.16. The smallest absolute Gasteiger partial charge is 0.355 e. The minimum atomic E-state index is -2.87. The molecule has 1 rings (SSSR count). The summed E-state index contributed by atoms with van der Waals surface area (Å²) < 4.78 is 25.0. The zero-order valence-corrected chi connectivity index (χ0v) is 8.00. The number of halogens is 2. The SMILES string of the molecule is Cc1nc(C(=O)O)c(C(F)F)cc1CN. The van der Waals surface area contributed by atoms with Crippen molar-refractivity contribution in [3.05, 3.63) is 28.6 Å². The number of hydrogen-bond donors (Lipinski definition) is 2. The van der Waals surface area contributed by atoms with Gasteiger partial charge in [-0.3, -0.25) is 0 Å². The number of carboxylic acid groups (broad SMARTS) is 1. The minimum Gasteiger partial charge on any atom is -0.476 e. The molecule has 0 unspecified atom stereocenters. The molecule has 0 atom stereocenters. The number of aryl methyl sites for hydroxylation is 1. The highest BCUT2D eigenvalue weighted by Crippen LogP contribution is 2.24. The van der Waals surface area contributed by atoms with Crippen molar-refractivity contribution in [2.75, 3.05) is 0 Å². The Balaban J connectivity index is 3.38. The van der Waals surface area contributed by atoms with Gasteiger partial charge < -0.3 is 10.8 Å². The van der Waals surface area contributed by atoms with Crippen LogP contribution >= 0.6 is 0 Å². The zero-order valence-electron chi connectivity index (χ0n) is 8.00. The summed E-state index contributed by atoms with van der Waals surface area (Å²) in [6, 6.07) is 1.09. The first kappa shape index (κ1) is 11.5. The first-order valence-electron chi connectivity index (χ1n) is 4.19. The molecule has 0 fully saturated rings. The van der Waals surface area contributed by atoms with E-state index in [0.717, 1.165) is 6.07 Å². The topological polar surface area (TPSA) is 76.2 Å². The lowest BCUT2D eigenvalue weighted by Crippen LogP contribution is -2.11. The molecule has 82 valence electrons. The standard InChI is InChI=1S/C9H10F2N2O2/c1-4-5(3-12)2-6(8(10)11)7(13-4)9(14)15/h2,8H,3,12H2,1H3,(H,14,15). The van der Waals surface area contributed by atoms with Crippen molar-refractivity contribution in [1.29, 1.82) is 0 Å². The molecule has 6 heteroatoms. The molecule has 0 aliphatic carbocycles. The third kappa shape index (κ3) is 2.27. The van der Waals surface area contributed by atoms with Crippen molar-refractivity contribution in [2.24, 2.45) is 5.73 Å². The number of carboxylic acids is 1. The van der Waals surface area contributed by atoms with Gasteiger partial charge in [-0.05, 0) is 18.6 Å². The molecule has 1 aromatic heterocycles. The van der Waals surface area contributed by atoms with Crippen LogP contribution in [-0.4, -0.2) is 16.1 Å². The van der Waals surface area contributed by atoms with Crippen LogP contribution in [0.25, 0.3) is 0 Å². The summed E-state index contributed by atoms with van der Waals surface area (Å²) in [6.07, 6.45) is -2.87. The normalized spacial score (nSPS) is 10.7. The highest BCUT2D eigenvalue weighted by atomic mass is 19.3. The maximum absolute atomic E-state index is 12.5. The van der Waals surface area contributed by atoms with Crippen LogP contribution in [-0.2, 0) is 6.54 Å². The molecule has 3 N–H and O–H groups in total. The van der Waals surface area contributed by atoms with Gasteiger partial charge in [-0.1, -0.05) is 0 Å². The van der Waals surface area contributed by atoms with E-state index >= 15 is 0 Å². The molecule has 0 spiro atoms. The zero-order chi connectivity index (χ0) is 11.6. The fraction of sp³-hybridized carbons (Fsp3) is 0.333. The van der Waals surface area contributed by atoms with E-state index in [1.54, 1.807) is 0 Å². The first-order valence-corrected chi connectivity index (χ1v) is 4.19. The van der Waals surface area contributed by atoms with Gasteiger partial charge in [-0.2, -0.15) is 0 Å². The van der Waals surface area contributed by atoms with E-state index in [9.17, 15) is 13.6 Å². The molecule has 0 aliphatic heterocycles.